The van der Waals surface area contributed by atoms with E-state index < -0.39 is 5.82 Å². The molecule has 1 aliphatic rings. The van der Waals surface area contributed by atoms with Crippen molar-refractivity contribution in [3.8, 4) is 28.2 Å². The van der Waals surface area contributed by atoms with Crippen molar-refractivity contribution < 1.29 is 4.39 Å². The van der Waals surface area contributed by atoms with Gasteiger partial charge in [-0.3, -0.25) is 4.90 Å². The monoisotopic (exact) mass is 449 g/mol. The van der Waals surface area contributed by atoms with Gasteiger partial charge in [-0.15, -0.1) is 5.10 Å². The summed E-state index contributed by atoms with van der Waals surface area (Å²) in [5.41, 5.74) is 9.92. The summed E-state index contributed by atoms with van der Waals surface area (Å²) in [6.07, 6.45) is 4.26. The number of benzene rings is 2. The third-order valence-electron chi connectivity index (χ3n) is 5.66. The van der Waals surface area contributed by atoms with Crippen LogP contribution in [0.5, 0.6) is 0 Å². The van der Waals surface area contributed by atoms with Crippen LogP contribution >= 0.6 is 11.6 Å². The van der Waals surface area contributed by atoms with Crippen LogP contribution < -0.4 is 5.73 Å². The Bertz CT molecular complexity index is 1250. The van der Waals surface area contributed by atoms with Gasteiger partial charge in [0.05, 0.1) is 5.56 Å². The molecule has 7 nitrogen and oxygen atoms in total. The van der Waals surface area contributed by atoms with Gasteiger partial charge >= 0.3 is 0 Å². The number of tetrazole rings is 1. The van der Waals surface area contributed by atoms with Crippen molar-refractivity contribution in [1.29, 1.82) is 0 Å². The van der Waals surface area contributed by atoms with E-state index in [4.69, 9.17) is 17.3 Å². The van der Waals surface area contributed by atoms with Crippen LogP contribution in [-0.2, 0) is 6.54 Å². The standard InChI is InChI=1S/C23H21ClFN7/c24-18-7-8-20(25)21(12-18)32-23(28-29-30-32)19-11-17(13-27-22(19)26)16-5-3-15(4-6-16)14-31-9-1-2-10-31/h3-8,11-13H,1-2,9-10,14H2,(H2,26,27). The second kappa shape index (κ2) is 8.64. The molecule has 32 heavy (non-hydrogen) atoms. The van der Waals surface area contributed by atoms with Crippen LogP contribution in [0.4, 0.5) is 10.2 Å². The number of nitrogen functional groups attached to an aromatic ring is 1. The first-order valence-corrected chi connectivity index (χ1v) is 10.8. The Hall–Kier alpha value is -3.36. The van der Waals surface area contributed by atoms with Gasteiger partial charge in [-0.2, -0.15) is 4.68 Å². The van der Waals surface area contributed by atoms with Crippen LogP contribution in [-0.4, -0.2) is 43.2 Å². The summed E-state index contributed by atoms with van der Waals surface area (Å²) in [6, 6.07) is 14.5. The SMILES string of the molecule is Nc1ncc(-c2ccc(CN3CCCC3)cc2)cc1-c1nnnn1-c1cc(Cl)ccc1F. The minimum absolute atomic E-state index is 0.133. The minimum Gasteiger partial charge on any atom is -0.383 e. The van der Waals surface area contributed by atoms with Crippen molar-refractivity contribution in [3.63, 3.8) is 0 Å². The molecule has 162 valence electrons. The topological polar surface area (TPSA) is 85.8 Å². The maximum Gasteiger partial charge on any atom is 0.190 e. The molecule has 0 bridgehead atoms. The zero-order valence-electron chi connectivity index (χ0n) is 17.2. The normalized spacial score (nSPS) is 14.2. The largest absolute Gasteiger partial charge is 0.383 e. The van der Waals surface area contributed by atoms with Gasteiger partial charge in [0.15, 0.2) is 5.82 Å². The zero-order valence-corrected chi connectivity index (χ0v) is 18.0. The molecule has 0 spiro atoms. The van der Waals surface area contributed by atoms with Crippen molar-refractivity contribution in [2.75, 3.05) is 18.8 Å². The first kappa shape index (κ1) is 20.5. The van der Waals surface area contributed by atoms with Gasteiger partial charge in [0, 0.05) is 23.3 Å². The van der Waals surface area contributed by atoms with Crippen molar-refractivity contribution in [2.45, 2.75) is 19.4 Å². The highest BCUT2D eigenvalue weighted by Gasteiger charge is 2.18. The van der Waals surface area contributed by atoms with E-state index >= 15 is 0 Å². The third kappa shape index (κ3) is 4.06. The Balaban J connectivity index is 1.48. The molecule has 1 fully saturated rings. The van der Waals surface area contributed by atoms with Crippen molar-refractivity contribution in [2.24, 2.45) is 0 Å². The van der Waals surface area contributed by atoms with Crippen LogP contribution in [0.25, 0.3) is 28.2 Å². The number of likely N-dealkylation sites (tertiary alicyclic amines) is 1. The fourth-order valence-corrected chi connectivity index (χ4v) is 4.15. The van der Waals surface area contributed by atoms with E-state index in [0.29, 0.717) is 10.6 Å². The Kier molecular flexibility index (Phi) is 5.55. The summed E-state index contributed by atoms with van der Waals surface area (Å²) in [6.45, 7) is 3.29. The molecule has 2 aromatic heterocycles. The van der Waals surface area contributed by atoms with Crippen LogP contribution in [0, 0.1) is 5.82 Å². The molecular formula is C23H21ClFN7. The molecule has 4 aromatic rings. The van der Waals surface area contributed by atoms with Gasteiger partial charge in [0.2, 0.25) is 0 Å². The van der Waals surface area contributed by atoms with Crippen molar-refractivity contribution in [3.05, 3.63) is 71.1 Å². The number of nitrogens with zero attached hydrogens (tertiary/aromatic N) is 6. The summed E-state index contributed by atoms with van der Waals surface area (Å²) >= 11 is 6.05. The van der Waals surface area contributed by atoms with E-state index in [1.54, 1.807) is 6.20 Å². The van der Waals surface area contributed by atoms with Crippen LogP contribution in [0.3, 0.4) is 0 Å². The lowest BCUT2D eigenvalue weighted by molar-refractivity contribution is 0.331. The number of hydrogen-bond donors (Lipinski definition) is 1. The third-order valence-corrected chi connectivity index (χ3v) is 5.89. The summed E-state index contributed by atoms with van der Waals surface area (Å²) in [7, 11) is 0. The lowest BCUT2D eigenvalue weighted by atomic mass is 10.0. The van der Waals surface area contributed by atoms with Crippen molar-refractivity contribution in [1.82, 2.24) is 30.1 Å². The average molecular weight is 450 g/mol. The average Bonchev–Trinajstić information content (AvgIpc) is 3.49. The number of halogens is 2. The molecule has 5 rings (SSSR count). The van der Waals surface area contributed by atoms with E-state index in [2.05, 4.69) is 49.7 Å². The number of hydrogen-bond acceptors (Lipinski definition) is 6. The Morgan fingerprint density at radius 2 is 1.78 bits per heavy atom. The minimum atomic E-state index is -0.501. The molecule has 1 aliphatic heterocycles. The van der Waals surface area contributed by atoms with Gasteiger partial charge in [-0.1, -0.05) is 35.9 Å². The fraction of sp³-hybridized carbons (Fsp3) is 0.217. The first-order chi connectivity index (χ1) is 15.6. The molecule has 0 aliphatic carbocycles. The van der Waals surface area contributed by atoms with E-state index in [1.165, 1.54) is 41.3 Å². The quantitative estimate of drug-likeness (QED) is 0.487. The van der Waals surface area contributed by atoms with Crippen LogP contribution in [0.2, 0.25) is 5.02 Å². The number of aromatic nitrogens is 5. The van der Waals surface area contributed by atoms with Gasteiger partial charge in [-0.25, -0.2) is 9.37 Å². The zero-order chi connectivity index (χ0) is 22.1. The lowest BCUT2D eigenvalue weighted by Crippen LogP contribution is -2.18. The van der Waals surface area contributed by atoms with Gasteiger partial charge in [0.25, 0.3) is 0 Å². The molecular weight excluding hydrogens is 429 g/mol. The Morgan fingerprint density at radius 3 is 2.56 bits per heavy atom. The summed E-state index contributed by atoms with van der Waals surface area (Å²) in [5.74, 6) is 0.0285. The smallest absolute Gasteiger partial charge is 0.190 e. The maximum absolute atomic E-state index is 14.4. The second-order valence-electron chi connectivity index (χ2n) is 7.85. The Labute approximate surface area is 189 Å². The van der Waals surface area contributed by atoms with Crippen molar-refractivity contribution >= 4 is 17.4 Å². The maximum atomic E-state index is 14.4. The van der Waals surface area contributed by atoms with E-state index in [-0.39, 0.29) is 17.3 Å². The summed E-state index contributed by atoms with van der Waals surface area (Å²) < 4.78 is 15.7. The lowest BCUT2D eigenvalue weighted by Gasteiger charge is -2.15. The predicted octanol–water partition coefficient (Wildman–Crippen LogP) is 4.36. The fourth-order valence-electron chi connectivity index (χ4n) is 3.98. The van der Waals surface area contributed by atoms with Crippen LogP contribution in [0.1, 0.15) is 18.4 Å². The molecule has 1 saturated heterocycles. The molecule has 0 unspecified atom stereocenters. The van der Waals surface area contributed by atoms with Crippen LogP contribution in [0.15, 0.2) is 54.7 Å². The number of nitrogens with two attached hydrogens (primary N) is 1. The summed E-state index contributed by atoms with van der Waals surface area (Å²) in [4.78, 5) is 6.80. The van der Waals surface area contributed by atoms with E-state index in [9.17, 15) is 4.39 Å². The summed E-state index contributed by atoms with van der Waals surface area (Å²) in [5, 5.41) is 12.1. The van der Waals surface area contributed by atoms with Gasteiger partial charge in [-0.05, 0) is 71.8 Å². The molecule has 9 heteroatoms. The highest BCUT2D eigenvalue weighted by atomic mass is 35.5. The molecule has 0 amide bonds. The highest BCUT2D eigenvalue weighted by Crippen LogP contribution is 2.30. The molecule has 2 aromatic carbocycles. The predicted molar refractivity (Wildman–Crippen MR) is 122 cm³/mol. The molecule has 0 saturated carbocycles. The molecule has 0 radical (unpaired) electrons. The Morgan fingerprint density at radius 1 is 1.00 bits per heavy atom. The number of rotatable bonds is 5. The van der Waals surface area contributed by atoms with E-state index in [1.807, 2.05) is 6.07 Å². The van der Waals surface area contributed by atoms with E-state index in [0.717, 1.165) is 30.8 Å². The molecule has 3 heterocycles. The number of anilines is 1. The molecule has 2 N–H and O–H groups in total. The number of pyridine rings is 1. The molecule has 0 atom stereocenters. The van der Waals surface area contributed by atoms with Gasteiger partial charge < -0.3 is 5.73 Å². The highest BCUT2D eigenvalue weighted by molar-refractivity contribution is 6.30. The second-order valence-corrected chi connectivity index (χ2v) is 8.28. The first-order valence-electron chi connectivity index (χ1n) is 10.4. The van der Waals surface area contributed by atoms with Gasteiger partial charge in [0.1, 0.15) is 17.3 Å².